The summed E-state index contributed by atoms with van der Waals surface area (Å²) in [5.74, 6) is 1.81. The number of likely N-dealkylation sites (N-methyl/N-ethyl adjacent to an activating group) is 1. The van der Waals surface area contributed by atoms with Crippen LogP contribution in [-0.4, -0.2) is 18.5 Å². The smallest absolute Gasteiger partial charge is 0.122 e. The second-order valence-electron chi connectivity index (χ2n) is 4.74. The fourth-order valence-electron chi connectivity index (χ4n) is 2.18. The van der Waals surface area contributed by atoms with Crippen molar-refractivity contribution in [3.8, 4) is 0 Å². The van der Waals surface area contributed by atoms with Crippen molar-refractivity contribution in [3.63, 3.8) is 0 Å². The van der Waals surface area contributed by atoms with Crippen molar-refractivity contribution in [3.05, 3.63) is 58.5 Å². The van der Waals surface area contributed by atoms with Crippen molar-refractivity contribution in [1.82, 2.24) is 4.90 Å². The molecule has 0 radical (unpaired) electrons. The Bertz CT molecular complexity index is 538. The Morgan fingerprint density at radius 2 is 2.11 bits per heavy atom. The van der Waals surface area contributed by atoms with E-state index in [0.29, 0.717) is 6.54 Å². The largest absolute Gasteiger partial charge is 0.465 e. The van der Waals surface area contributed by atoms with E-state index in [4.69, 9.17) is 21.8 Å². The zero-order chi connectivity index (χ0) is 13.8. The van der Waals surface area contributed by atoms with Crippen LogP contribution in [0.4, 0.5) is 0 Å². The fourth-order valence-corrected chi connectivity index (χ4v) is 2.39. The molecule has 1 atom stereocenters. The normalized spacial score (nSPS) is 12.9. The number of rotatable bonds is 5. The van der Waals surface area contributed by atoms with E-state index < -0.39 is 0 Å². The zero-order valence-corrected chi connectivity index (χ0v) is 12.0. The van der Waals surface area contributed by atoms with Crippen LogP contribution in [0.2, 0.25) is 5.02 Å². The maximum atomic E-state index is 6.00. The summed E-state index contributed by atoms with van der Waals surface area (Å²) in [6.07, 6.45) is 0. The van der Waals surface area contributed by atoms with Gasteiger partial charge in [0.1, 0.15) is 11.5 Å². The molecule has 4 heteroatoms. The van der Waals surface area contributed by atoms with Crippen molar-refractivity contribution in [2.24, 2.45) is 5.73 Å². The van der Waals surface area contributed by atoms with Crippen molar-refractivity contribution >= 4 is 11.6 Å². The molecule has 1 unspecified atom stereocenters. The van der Waals surface area contributed by atoms with Gasteiger partial charge in [0.15, 0.2) is 0 Å². The number of nitrogens with zero attached hydrogens (tertiary/aromatic N) is 1. The van der Waals surface area contributed by atoms with Gasteiger partial charge in [0.25, 0.3) is 0 Å². The lowest BCUT2D eigenvalue weighted by Crippen LogP contribution is -2.29. The van der Waals surface area contributed by atoms with Gasteiger partial charge in [-0.3, -0.25) is 4.90 Å². The van der Waals surface area contributed by atoms with Crippen LogP contribution in [-0.2, 0) is 6.54 Å². The molecule has 1 aromatic carbocycles. The highest BCUT2D eigenvalue weighted by Crippen LogP contribution is 2.23. The lowest BCUT2D eigenvalue weighted by atomic mass is 10.1. The first-order valence-electron chi connectivity index (χ1n) is 6.31. The molecule has 0 bridgehead atoms. The van der Waals surface area contributed by atoms with Crippen LogP contribution >= 0.6 is 11.6 Å². The number of aryl methyl sites for hydroxylation is 1. The lowest BCUT2D eigenvalue weighted by molar-refractivity contribution is 0.211. The first-order valence-corrected chi connectivity index (χ1v) is 6.69. The van der Waals surface area contributed by atoms with E-state index in [-0.39, 0.29) is 6.04 Å². The molecule has 2 rings (SSSR count). The molecule has 2 aromatic rings. The Balaban J connectivity index is 2.11. The quantitative estimate of drug-likeness (QED) is 0.912. The van der Waals surface area contributed by atoms with Gasteiger partial charge in [-0.15, -0.1) is 0 Å². The summed E-state index contributed by atoms with van der Waals surface area (Å²) in [6, 6.07) is 11.9. The van der Waals surface area contributed by atoms with Crippen molar-refractivity contribution in [1.29, 1.82) is 0 Å². The van der Waals surface area contributed by atoms with Gasteiger partial charge in [0.2, 0.25) is 0 Å². The SMILES string of the molecule is Cc1ccc(C(CN)N(C)Cc2cccc(Cl)c2)o1. The number of nitrogens with two attached hydrogens (primary N) is 1. The molecule has 3 nitrogen and oxygen atoms in total. The number of furan rings is 1. The molecule has 0 aliphatic carbocycles. The predicted octanol–water partition coefficient (Wildman–Crippen LogP) is 3.37. The molecule has 0 fully saturated rings. The van der Waals surface area contributed by atoms with Gasteiger partial charge in [0, 0.05) is 18.1 Å². The number of hydrogen-bond acceptors (Lipinski definition) is 3. The van der Waals surface area contributed by atoms with Gasteiger partial charge in [-0.2, -0.15) is 0 Å². The van der Waals surface area contributed by atoms with Gasteiger partial charge in [-0.05, 0) is 43.8 Å². The minimum absolute atomic E-state index is 0.0766. The highest BCUT2D eigenvalue weighted by atomic mass is 35.5. The molecular weight excluding hydrogens is 260 g/mol. The van der Waals surface area contributed by atoms with E-state index in [2.05, 4.69) is 11.0 Å². The maximum absolute atomic E-state index is 6.00. The van der Waals surface area contributed by atoms with Crippen LogP contribution in [0.5, 0.6) is 0 Å². The number of hydrogen-bond donors (Lipinski definition) is 1. The summed E-state index contributed by atoms with van der Waals surface area (Å²) in [4.78, 5) is 2.17. The van der Waals surface area contributed by atoms with E-state index in [1.807, 2.05) is 44.3 Å². The van der Waals surface area contributed by atoms with E-state index >= 15 is 0 Å². The summed E-state index contributed by atoms with van der Waals surface area (Å²) in [5, 5.41) is 0.754. The summed E-state index contributed by atoms with van der Waals surface area (Å²) < 4.78 is 5.67. The standard InChI is InChI=1S/C15H19ClN2O/c1-11-6-7-15(19-11)14(9-17)18(2)10-12-4-3-5-13(16)8-12/h3-8,14H,9-10,17H2,1-2H3. The Kier molecular flexibility index (Phi) is 4.64. The summed E-state index contributed by atoms with van der Waals surface area (Å²) in [7, 11) is 2.04. The second kappa shape index (κ2) is 6.24. The molecule has 1 heterocycles. The Labute approximate surface area is 119 Å². The van der Waals surface area contributed by atoms with Crippen LogP contribution in [0.3, 0.4) is 0 Å². The Hall–Kier alpha value is -1.29. The Morgan fingerprint density at radius 1 is 1.32 bits per heavy atom. The Morgan fingerprint density at radius 3 is 2.68 bits per heavy atom. The van der Waals surface area contributed by atoms with Crippen LogP contribution < -0.4 is 5.73 Å². The third-order valence-corrected chi connectivity index (χ3v) is 3.40. The molecule has 19 heavy (non-hydrogen) atoms. The average Bonchev–Trinajstić information content (AvgIpc) is 2.76. The van der Waals surface area contributed by atoms with E-state index in [1.165, 1.54) is 0 Å². The monoisotopic (exact) mass is 278 g/mol. The van der Waals surface area contributed by atoms with Crippen molar-refractivity contribution < 1.29 is 4.42 Å². The molecule has 0 saturated heterocycles. The van der Waals surface area contributed by atoms with Crippen LogP contribution in [0.15, 0.2) is 40.8 Å². The number of benzene rings is 1. The third-order valence-electron chi connectivity index (χ3n) is 3.17. The van der Waals surface area contributed by atoms with E-state index in [0.717, 1.165) is 28.7 Å². The lowest BCUT2D eigenvalue weighted by Gasteiger charge is -2.25. The minimum Gasteiger partial charge on any atom is -0.465 e. The zero-order valence-electron chi connectivity index (χ0n) is 11.3. The molecular formula is C15H19ClN2O. The van der Waals surface area contributed by atoms with Crippen molar-refractivity contribution in [2.75, 3.05) is 13.6 Å². The fraction of sp³-hybridized carbons (Fsp3) is 0.333. The minimum atomic E-state index is 0.0766. The topological polar surface area (TPSA) is 42.4 Å². The molecule has 0 saturated carbocycles. The van der Waals surface area contributed by atoms with Gasteiger partial charge >= 0.3 is 0 Å². The molecule has 2 N–H and O–H groups in total. The highest BCUT2D eigenvalue weighted by molar-refractivity contribution is 6.30. The second-order valence-corrected chi connectivity index (χ2v) is 5.18. The van der Waals surface area contributed by atoms with Crippen LogP contribution in [0.1, 0.15) is 23.1 Å². The molecule has 102 valence electrons. The average molecular weight is 279 g/mol. The van der Waals surface area contributed by atoms with Gasteiger partial charge in [0.05, 0.1) is 6.04 Å². The van der Waals surface area contributed by atoms with Crippen LogP contribution in [0, 0.1) is 6.92 Å². The third kappa shape index (κ3) is 3.60. The first kappa shape index (κ1) is 14.1. The van der Waals surface area contributed by atoms with Crippen LogP contribution in [0.25, 0.3) is 0 Å². The number of halogens is 1. The van der Waals surface area contributed by atoms with E-state index in [1.54, 1.807) is 0 Å². The molecule has 0 aliphatic rings. The first-order chi connectivity index (χ1) is 9.10. The molecule has 0 aliphatic heterocycles. The summed E-state index contributed by atoms with van der Waals surface area (Å²) >= 11 is 6.00. The molecule has 0 amide bonds. The molecule has 0 spiro atoms. The van der Waals surface area contributed by atoms with Gasteiger partial charge in [-0.1, -0.05) is 23.7 Å². The van der Waals surface area contributed by atoms with Crippen molar-refractivity contribution in [2.45, 2.75) is 19.5 Å². The van der Waals surface area contributed by atoms with E-state index in [9.17, 15) is 0 Å². The highest BCUT2D eigenvalue weighted by Gasteiger charge is 2.18. The summed E-state index contributed by atoms with van der Waals surface area (Å²) in [6.45, 7) is 3.24. The molecule has 1 aromatic heterocycles. The van der Waals surface area contributed by atoms with Gasteiger partial charge in [-0.25, -0.2) is 0 Å². The summed E-state index contributed by atoms with van der Waals surface area (Å²) in [5.41, 5.74) is 7.03. The predicted molar refractivity (Wildman–Crippen MR) is 78.2 cm³/mol. The van der Waals surface area contributed by atoms with Gasteiger partial charge < -0.3 is 10.2 Å². The maximum Gasteiger partial charge on any atom is 0.122 e.